The predicted octanol–water partition coefficient (Wildman–Crippen LogP) is 4.57. The van der Waals surface area contributed by atoms with Crippen molar-refractivity contribution in [2.75, 3.05) is 5.73 Å². The molecular formula is C13H14Cl2N2O. The van der Waals surface area contributed by atoms with E-state index in [9.17, 15) is 0 Å². The number of aromatic nitrogens is 1. The topological polar surface area (TPSA) is 52.0 Å². The van der Waals surface area contributed by atoms with Gasteiger partial charge in [0.05, 0.1) is 10.6 Å². The van der Waals surface area contributed by atoms with Crippen LogP contribution in [0.1, 0.15) is 25.5 Å². The molecule has 0 bridgehead atoms. The minimum Gasteiger partial charge on any atom is -0.380 e. The van der Waals surface area contributed by atoms with Gasteiger partial charge in [0, 0.05) is 17.0 Å². The number of nitrogen functional groups attached to an aromatic ring is 1. The van der Waals surface area contributed by atoms with Crippen molar-refractivity contribution >= 4 is 29.0 Å². The largest absolute Gasteiger partial charge is 0.380 e. The van der Waals surface area contributed by atoms with Crippen molar-refractivity contribution in [3.63, 3.8) is 0 Å². The van der Waals surface area contributed by atoms with Gasteiger partial charge in [0.1, 0.15) is 5.76 Å². The van der Waals surface area contributed by atoms with Crippen molar-refractivity contribution in [3.05, 3.63) is 34.0 Å². The van der Waals surface area contributed by atoms with Gasteiger partial charge in [0.2, 0.25) is 0 Å². The van der Waals surface area contributed by atoms with Crippen LogP contribution in [0.4, 0.5) is 5.82 Å². The lowest BCUT2D eigenvalue weighted by molar-refractivity contribution is 0.383. The van der Waals surface area contributed by atoms with Gasteiger partial charge in [-0.2, -0.15) is 0 Å². The minimum absolute atomic E-state index is 0.366. The highest BCUT2D eigenvalue weighted by molar-refractivity contribution is 6.36. The number of anilines is 1. The lowest BCUT2D eigenvalue weighted by Gasteiger charge is -2.05. The summed E-state index contributed by atoms with van der Waals surface area (Å²) in [5.74, 6) is 1.14. The van der Waals surface area contributed by atoms with E-state index in [2.05, 4.69) is 12.1 Å². The Morgan fingerprint density at radius 3 is 2.78 bits per heavy atom. The summed E-state index contributed by atoms with van der Waals surface area (Å²) in [7, 11) is 0. The monoisotopic (exact) mass is 284 g/mol. The first-order valence-corrected chi connectivity index (χ1v) is 6.58. The Morgan fingerprint density at radius 2 is 2.11 bits per heavy atom. The molecule has 0 unspecified atom stereocenters. The highest BCUT2D eigenvalue weighted by Gasteiger charge is 2.17. The Bertz CT molecular complexity index is 552. The minimum atomic E-state index is 0.366. The molecule has 0 aliphatic carbocycles. The lowest BCUT2D eigenvalue weighted by Crippen LogP contribution is -1.92. The second kappa shape index (κ2) is 5.63. The van der Waals surface area contributed by atoms with Crippen molar-refractivity contribution < 1.29 is 4.52 Å². The molecule has 0 radical (unpaired) electrons. The number of halogens is 2. The first kappa shape index (κ1) is 13.2. The van der Waals surface area contributed by atoms with Gasteiger partial charge >= 0.3 is 0 Å². The van der Waals surface area contributed by atoms with E-state index in [1.807, 2.05) is 6.07 Å². The molecule has 1 aromatic heterocycles. The molecule has 0 saturated heterocycles. The first-order valence-electron chi connectivity index (χ1n) is 5.83. The molecule has 0 amide bonds. The van der Waals surface area contributed by atoms with Crippen molar-refractivity contribution in [2.45, 2.75) is 26.2 Å². The van der Waals surface area contributed by atoms with Gasteiger partial charge in [-0.05, 0) is 18.6 Å². The van der Waals surface area contributed by atoms with Crippen LogP contribution < -0.4 is 5.73 Å². The summed E-state index contributed by atoms with van der Waals surface area (Å²) in [6, 6.07) is 5.30. The van der Waals surface area contributed by atoms with Crippen molar-refractivity contribution in [1.29, 1.82) is 0 Å². The molecule has 2 aromatic rings. The summed E-state index contributed by atoms with van der Waals surface area (Å²) in [6.07, 6.45) is 2.90. The van der Waals surface area contributed by atoms with Crippen LogP contribution in [0.25, 0.3) is 11.1 Å². The summed E-state index contributed by atoms with van der Waals surface area (Å²) in [5, 5.41) is 4.96. The molecule has 0 fully saturated rings. The van der Waals surface area contributed by atoms with Gasteiger partial charge in [0.15, 0.2) is 5.82 Å². The molecule has 3 nitrogen and oxygen atoms in total. The van der Waals surface area contributed by atoms with Crippen LogP contribution in [0, 0.1) is 0 Å². The molecule has 0 aliphatic rings. The number of unbranched alkanes of at least 4 members (excludes halogenated alkanes) is 1. The Hall–Kier alpha value is -1.19. The molecule has 0 aliphatic heterocycles. The van der Waals surface area contributed by atoms with E-state index in [0.717, 1.165) is 36.1 Å². The number of nitrogens with two attached hydrogens (primary N) is 1. The van der Waals surface area contributed by atoms with Crippen LogP contribution in [0.2, 0.25) is 10.0 Å². The fourth-order valence-electron chi connectivity index (χ4n) is 1.83. The van der Waals surface area contributed by atoms with Crippen LogP contribution in [0.15, 0.2) is 22.7 Å². The summed E-state index contributed by atoms with van der Waals surface area (Å²) in [5.41, 5.74) is 7.45. The molecule has 1 heterocycles. The van der Waals surface area contributed by atoms with E-state index >= 15 is 0 Å². The number of hydrogen-bond acceptors (Lipinski definition) is 3. The number of hydrogen-bond donors (Lipinski definition) is 1. The van der Waals surface area contributed by atoms with Crippen molar-refractivity contribution in [3.8, 4) is 11.1 Å². The van der Waals surface area contributed by atoms with Crippen molar-refractivity contribution in [2.24, 2.45) is 0 Å². The number of aryl methyl sites for hydroxylation is 1. The molecular weight excluding hydrogens is 271 g/mol. The maximum Gasteiger partial charge on any atom is 0.175 e. The van der Waals surface area contributed by atoms with Crippen LogP contribution >= 0.6 is 23.2 Å². The number of rotatable bonds is 4. The van der Waals surface area contributed by atoms with Gasteiger partial charge in [-0.25, -0.2) is 0 Å². The lowest BCUT2D eigenvalue weighted by atomic mass is 10.0. The standard InChI is InChI=1S/C13H14Cl2N2O/c1-2-3-4-11-12(13(16)17-18-11)9-6-5-8(14)7-10(9)15/h5-7H,2-4H2,1H3,(H2,16,17). The van der Waals surface area contributed by atoms with E-state index in [1.54, 1.807) is 12.1 Å². The Morgan fingerprint density at radius 1 is 1.33 bits per heavy atom. The van der Waals surface area contributed by atoms with Crippen LogP contribution in [-0.4, -0.2) is 5.16 Å². The highest BCUT2D eigenvalue weighted by atomic mass is 35.5. The number of nitrogens with zero attached hydrogens (tertiary/aromatic N) is 1. The fraction of sp³-hybridized carbons (Fsp3) is 0.308. The summed E-state index contributed by atoms with van der Waals surface area (Å²) < 4.78 is 5.27. The molecule has 0 saturated carbocycles. The van der Waals surface area contributed by atoms with Gasteiger partial charge < -0.3 is 10.3 Å². The second-order valence-electron chi connectivity index (χ2n) is 4.09. The fourth-order valence-corrected chi connectivity index (χ4v) is 2.33. The van der Waals surface area contributed by atoms with Gasteiger partial charge in [-0.15, -0.1) is 0 Å². The molecule has 96 valence electrons. The zero-order valence-electron chi connectivity index (χ0n) is 10.0. The van der Waals surface area contributed by atoms with Gasteiger partial charge in [0.25, 0.3) is 0 Å². The third-order valence-corrected chi connectivity index (χ3v) is 3.29. The maximum atomic E-state index is 6.19. The predicted molar refractivity (Wildman–Crippen MR) is 75.0 cm³/mol. The van der Waals surface area contributed by atoms with E-state index in [0.29, 0.717) is 15.9 Å². The summed E-state index contributed by atoms with van der Waals surface area (Å²) in [4.78, 5) is 0. The average Bonchev–Trinajstić information content (AvgIpc) is 2.68. The van der Waals surface area contributed by atoms with E-state index in [-0.39, 0.29) is 0 Å². The summed E-state index contributed by atoms with van der Waals surface area (Å²) >= 11 is 12.1. The van der Waals surface area contributed by atoms with E-state index < -0.39 is 0 Å². The molecule has 2 rings (SSSR count). The van der Waals surface area contributed by atoms with Crippen molar-refractivity contribution in [1.82, 2.24) is 5.16 Å². The third kappa shape index (κ3) is 2.62. The first-order chi connectivity index (χ1) is 8.63. The van der Waals surface area contributed by atoms with E-state index in [4.69, 9.17) is 33.5 Å². The quantitative estimate of drug-likeness (QED) is 0.895. The Balaban J connectivity index is 2.45. The molecule has 2 N–H and O–H groups in total. The van der Waals surface area contributed by atoms with E-state index in [1.165, 1.54) is 0 Å². The molecule has 18 heavy (non-hydrogen) atoms. The highest BCUT2D eigenvalue weighted by Crippen LogP contribution is 2.36. The Kier molecular flexibility index (Phi) is 4.15. The second-order valence-corrected chi connectivity index (χ2v) is 4.94. The molecule has 5 heteroatoms. The zero-order chi connectivity index (χ0) is 13.1. The molecule has 0 spiro atoms. The van der Waals surface area contributed by atoms with Gasteiger partial charge in [-0.1, -0.05) is 47.8 Å². The molecule has 0 atom stereocenters. The van der Waals surface area contributed by atoms with Crippen LogP contribution in [-0.2, 0) is 6.42 Å². The zero-order valence-corrected chi connectivity index (χ0v) is 11.6. The SMILES string of the molecule is CCCCc1onc(N)c1-c1ccc(Cl)cc1Cl. The average molecular weight is 285 g/mol. The maximum absolute atomic E-state index is 6.19. The van der Waals surface area contributed by atoms with Crippen LogP contribution in [0.3, 0.4) is 0 Å². The smallest absolute Gasteiger partial charge is 0.175 e. The Labute approximate surface area is 116 Å². The van der Waals surface area contributed by atoms with Gasteiger partial charge in [-0.3, -0.25) is 0 Å². The van der Waals surface area contributed by atoms with Crippen LogP contribution in [0.5, 0.6) is 0 Å². The third-order valence-electron chi connectivity index (χ3n) is 2.75. The summed E-state index contributed by atoms with van der Waals surface area (Å²) in [6.45, 7) is 2.12. The number of benzene rings is 1. The normalized spacial score (nSPS) is 10.8. The molecule has 1 aromatic carbocycles.